The Morgan fingerprint density at radius 3 is 2.85 bits per heavy atom. The van der Waals surface area contributed by atoms with Crippen LogP contribution in [-0.4, -0.2) is 4.98 Å². The van der Waals surface area contributed by atoms with E-state index in [0.717, 1.165) is 16.8 Å². The molecule has 1 aromatic heterocycles. The largest absolute Gasteiger partial charge is 0.445 e. The van der Waals surface area contributed by atoms with Crippen molar-refractivity contribution in [2.24, 2.45) is 0 Å². The molecule has 2 rings (SSSR count). The third kappa shape index (κ3) is 1.40. The predicted octanol–water partition coefficient (Wildman–Crippen LogP) is 2.23. The highest BCUT2D eigenvalue weighted by molar-refractivity contribution is 5.62. The van der Waals surface area contributed by atoms with Gasteiger partial charge in [-0.15, -0.1) is 0 Å². The van der Waals surface area contributed by atoms with Gasteiger partial charge < -0.3 is 10.2 Å². The van der Waals surface area contributed by atoms with E-state index < -0.39 is 0 Å². The first-order valence-corrected chi connectivity index (χ1v) is 4.03. The average molecular weight is 174 g/mol. The van der Waals surface area contributed by atoms with E-state index in [4.69, 9.17) is 10.2 Å². The van der Waals surface area contributed by atoms with Crippen LogP contribution in [0.1, 0.15) is 5.56 Å². The highest BCUT2D eigenvalue weighted by Gasteiger charge is 2.05. The lowest BCUT2D eigenvalue weighted by Crippen LogP contribution is -1.88. The Balaban J connectivity index is 2.53. The van der Waals surface area contributed by atoms with Gasteiger partial charge in [0, 0.05) is 11.3 Å². The summed E-state index contributed by atoms with van der Waals surface area (Å²) in [5.74, 6) is 0.637. The topological polar surface area (TPSA) is 52.0 Å². The molecule has 66 valence electrons. The first kappa shape index (κ1) is 7.86. The van der Waals surface area contributed by atoms with E-state index in [1.165, 1.54) is 0 Å². The van der Waals surface area contributed by atoms with Gasteiger partial charge in [0.05, 0.1) is 6.20 Å². The van der Waals surface area contributed by atoms with Crippen molar-refractivity contribution < 1.29 is 4.42 Å². The molecule has 0 atom stereocenters. The van der Waals surface area contributed by atoms with E-state index in [1.807, 2.05) is 25.1 Å². The molecule has 0 saturated heterocycles. The smallest absolute Gasteiger partial charge is 0.226 e. The van der Waals surface area contributed by atoms with Crippen LogP contribution < -0.4 is 5.73 Å². The Kier molecular flexibility index (Phi) is 1.77. The van der Waals surface area contributed by atoms with Crippen molar-refractivity contribution in [1.82, 2.24) is 4.98 Å². The highest BCUT2D eigenvalue weighted by atomic mass is 16.3. The van der Waals surface area contributed by atoms with Gasteiger partial charge in [-0.05, 0) is 30.7 Å². The summed E-state index contributed by atoms with van der Waals surface area (Å²) in [6.07, 6.45) is 3.19. The van der Waals surface area contributed by atoms with E-state index >= 15 is 0 Å². The molecule has 0 radical (unpaired) electrons. The molecule has 0 aliphatic heterocycles. The van der Waals surface area contributed by atoms with Crippen molar-refractivity contribution >= 4 is 5.69 Å². The van der Waals surface area contributed by atoms with E-state index in [-0.39, 0.29) is 0 Å². The quantitative estimate of drug-likeness (QED) is 0.674. The number of aryl methyl sites for hydroxylation is 1. The maximum Gasteiger partial charge on any atom is 0.226 e. The molecule has 1 aromatic carbocycles. The number of nitrogens with zero attached hydrogens (tertiary/aromatic N) is 1. The van der Waals surface area contributed by atoms with Gasteiger partial charge in [0.2, 0.25) is 5.89 Å². The maximum atomic E-state index is 5.63. The molecule has 3 nitrogen and oxygen atoms in total. The van der Waals surface area contributed by atoms with Crippen LogP contribution in [0.2, 0.25) is 0 Å². The second-order valence-electron chi connectivity index (χ2n) is 2.91. The van der Waals surface area contributed by atoms with E-state index in [9.17, 15) is 0 Å². The van der Waals surface area contributed by atoms with Crippen molar-refractivity contribution in [3.8, 4) is 11.5 Å². The van der Waals surface area contributed by atoms with Crippen LogP contribution in [0.3, 0.4) is 0 Å². The minimum atomic E-state index is 0.637. The number of anilines is 1. The van der Waals surface area contributed by atoms with Crippen molar-refractivity contribution in [2.75, 3.05) is 5.73 Å². The Labute approximate surface area is 76.2 Å². The molecule has 2 N–H and O–H groups in total. The van der Waals surface area contributed by atoms with E-state index in [2.05, 4.69) is 4.98 Å². The summed E-state index contributed by atoms with van der Waals surface area (Å²) in [6, 6.07) is 5.66. The number of nitrogen functional groups attached to an aromatic ring is 1. The predicted molar refractivity (Wildman–Crippen MR) is 51.1 cm³/mol. The highest BCUT2D eigenvalue weighted by Crippen LogP contribution is 2.22. The second kappa shape index (κ2) is 2.94. The molecular weight excluding hydrogens is 164 g/mol. The SMILES string of the molecule is Cc1cc(N)ccc1-c1ncco1. The van der Waals surface area contributed by atoms with Gasteiger partial charge in [-0.1, -0.05) is 0 Å². The van der Waals surface area contributed by atoms with Gasteiger partial charge in [0.25, 0.3) is 0 Å². The minimum Gasteiger partial charge on any atom is -0.445 e. The molecular formula is C10H10N2O. The van der Waals surface area contributed by atoms with Gasteiger partial charge in [-0.25, -0.2) is 4.98 Å². The Bertz CT molecular complexity index is 407. The number of benzene rings is 1. The summed E-state index contributed by atoms with van der Waals surface area (Å²) in [5, 5.41) is 0. The Morgan fingerprint density at radius 2 is 2.23 bits per heavy atom. The summed E-state index contributed by atoms with van der Waals surface area (Å²) in [5.41, 5.74) is 8.44. The van der Waals surface area contributed by atoms with Crippen LogP contribution >= 0.6 is 0 Å². The molecule has 13 heavy (non-hydrogen) atoms. The molecule has 0 saturated carbocycles. The molecule has 0 aliphatic carbocycles. The summed E-state index contributed by atoms with van der Waals surface area (Å²) >= 11 is 0. The zero-order valence-electron chi connectivity index (χ0n) is 7.32. The maximum absolute atomic E-state index is 5.63. The molecule has 1 heterocycles. The van der Waals surface area contributed by atoms with Gasteiger partial charge in [-0.2, -0.15) is 0 Å². The van der Waals surface area contributed by atoms with Crippen LogP contribution in [-0.2, 0) is 0 Å². The minimum absolute atomic E-state index is 0.637. The molecule has 0 bridgehead atoms. The number of nitrogens with two attached hydrogens (primary N) is 1. The number of rotatable bonds is 1. The van der Waals surface area contributed by atoms with Crippen LogP contribution in [0.5, 0.6) is 0 Å². The van der Waals surface area contributed by atoms with Gasteiger partial charge in [-0.3, -0.25) is 0 Å². The Hall–Kier alpha value is -1.77. The van der Waals surface area contributed by atoms with E-state index in [1.54, 1.807) is 12.5 Å². The fourth-order valence-electron chi connectivity index (χ4n) is 1.28. The lowest BCUT2D eigenvalue weighted by molar-refractivity contribution is 0.574. The van der Waals surface area contributed by atoms with Gasteiger partial charge in [0.1, 0.15) is 6.26 Å². The fourth-order valence-corrected chi connectivity index (χ4v) is 1.28. The third-order valence-corrected chi connectivity index (χ3v) is 1.91. The number of hydrogen-bond acceptors (Lipinski definition) is 3. The molecule has 2 aromatic rings. The first-order valence-electron chi connectivity index (χ1n) is 4.03. The Morgan fingerprint density at radius 1 is 1.38 bits per heavy atom. The van der Waals surface area contributed by atoms with Crippen LogP contribution in [0.25, 0.3) is 11.5 Å². The molecule has 0 unspecified atom stereocenters. The number of hydrogen-bond donors (Lipinski definition) is 1. The fraction of sp³-hybridized carbons (Fsp3) is 0.100. The molecule has 3 heteroatoms. The molecule has 0 spiro atoms. The molecule has 0 amide bonds. The van der Waals surface area contributed by atoms with Gasteiger partial charge >= 0.3 is 0 Å². The van der Waals surface area contributed by atoms with E-state index in [0.29, 0.717) is 5.89 Å². The lowest BCUT2D eigenvalue weighted by atomic mass is 10.1. The summed E-state index contributed by atoms with van der Waals surface area (Å²) in [6.45, 7) is 1.98. The lowest BCUT2D eigenvalue weighted by Gasteiger charge is -2.01. The monoisotopic (exact) mass is 174 g/mol. The molecule has 0 fully saturated rings. The van der Waals surface area contributed by atoms with Crippen molar-refractivity contribution in [2.45, 2.75) is 6.92 Å². The third-order valence-electron chi connectivity index (χ3n) is 1.91. The summed E-state index contributed by atoms with van der Waals surface area (Å²) in [7, 11) is 0. The summed E-state index contributed by atoms with van der Waals surface area (Å²) in [4.78, 5) is 4.07. The number of aromatic nitrogens is 1. The van der Waals surface area contributed by atoms with Crippen molar-refractivity contribution in [3.63, 3.8) is 0 Å². The summed E-state index contributed by atoms with van der Waals surface area (Å²) < 4.78 is 5.19. The molecule has 0 aliphatic rings. The normalized spacial score (nSPS) is 10.2. The average Bonchev–Trinajstić information content (AvgIpc) is 2.56. The van der Waals surface area contributed by atoms with Crippen molar-refractivity contribution in [1.29, 1.82) is 0 Å². The second-order valence-corrected chi connectivity index (χ2v) is 2.91. The number of oxazole rings is 1. The first-order chi connectivity index (χ1) is 6.27. The van der Waals surface area contributed by atoms with Crippen LogP contribution in [0.4, 0.5) is 5.69 Å². The zero-order chi connectivity index (χ0) is 9.26. The van der Waals surface area contributed by atoms with Crippen LogP contribution in [0.15, 0.2) is 35.1 Å². The van der Waals surface area contributed by atoms with Gasteiger partial charge in [0.15, 0.2) is 0 Å². The zero-order valence-corrected chi connectivity index (χ0v) is 7.32. The van der Waals surface area contributed by atoms with Crippen molar-refractivity contribution in [3.05, 3.63) is 36.2 Å². The van der Waals surface area contributed by atoms with Crippen LogP contribution in [0, 0.1) is 6.92 Å². The standard InChI is InChI=1S/C10H10N2O/c1-7-6-8(11)2-3-9(7)10-12-4-5-13-10/h2-6H,11H2,1H3.